The van der Waals surface area contributed by atoms with Crippen molar-refractivity contribution in [2.75, 3.05) is 19.5 Å². The van der Waals surface area contributed by atoms with Crippen molar-refractivity contribution in [2.45, 2.75) is 36.5 Å². The van der Waals surface area contributed by atoms with Gasteiger partial charge in [-0.15, -0.1) is 15.3 Å². The zero-order valence-electron chi connectivity index (χ0n) is 40.1. The van der Waals surface area contributed by atoms with Crippen molar-refractivity contribution in [1.29, 1.82) is 0 Å². The third-order valence-corrected chi connectivity index (χ3v) is 13.8. The molecular weight excluding hydrogens is 1080 g/mol. The molecule has 0 bridgehead atoms. The molecule has 0 radical (unpaired) electrons. The minimum Gasteiger partial charge on any atom is -0.871 e. The Balaban J connectivity index is 0.000000241. The molecule has 18 nitrogen and oxygen atoms in total. The largest absolute Gasteiger partial charge is 2.00 e. The van der Waals surface area contributed by atoms with E-state index in [-0.39, 0.29) is 106 Å². The van der Waals surface area contributed by atoms with Crippen LogP contribution in [0.2, 0.25) is 10.0 Å². The standard InChI is InChI=1S/2C26H22ClN3O6S.Ca/c2*1-3-18-21(27)11-12-22(25(18)37(33,34)35)29-30-23-19-10-5-4-7-15(19)13-20(24(23)31)26(32)28-16-8-6-9-17(14-16)36-2;/h2*4-14,31H,3H2,1-2H3,(H,28,32)(H,33,34,35);/q;;+2/p-2. The molecular formula is C52H42CaCl2N6O12S2. The van der Waals surface area contributed by atoms with Gasteiger partial charge in [0.05, 0.1) is 31.2 Å². The van der Waals surface area contributed by atoms with E-state index < -0.39 is 53.3 Å². The summed E-state index contributed by atoms with van der Waals surface area (Å²) in [5.74, 6) is -1.56. The fourth-order valence-corrected chi connectivity index (χ4v) is 10.3. The molecule has 0 spiro atoms. The van der Waals surface area contributed by atoms with Gasteiger partial charge in [0.1, 0.15) is 38.4 Å². The second-order valence-corrected chi connectivity index (χ2v) is 19.3. The maximum Gasteiger partial charge on any atom is 2.00 e. The molecule has 0 heterocycles. The average molecular weight is 1120 g/mol. The van der Waals surface area contributed by atoms with E-state index in [9.17, 15) is 46.1 Å². The van der Waals surface area contributed by atoms with Crippen LogP contribution in [0.25, 0.3) is 21.5 Å². The topological polar surface area (TPSA) is 284 Å². The van der Waals surface area contributed by atoms with Gasteiger partial charge >= 0.3 is 37.7 Å². The molecule has 75 heavy (non-hydrogen) atoms. The Morgan fingerprint density at radius 2 is 1.11 bits per heavy atom. The summed E-state index contributed by atoms with van der Waals surface area (Å²) in [4.78, 5) is 16.2. The molecule has 0 atom stereocenters. The first-order valence-electron chi connectivity index (χ1n) is 22.0. The molecule has 4 N–H and O–H groups in total. The number of aliphatic imine (C=N–C) groups is 1. The van der Waals surface area contributed by atoms with Gasteiger partial charge in [-0.25, -0.2) is 0 Å². The number of amides is 1. The minimum atomic E-state index is -4.71. The van der Waals surface area contributed by atoms with E-state index >= 15 is 0 Å². The number of nitrogens with zero attached hydrogens (tertiary/aromatic N) is 5. The predicted octanol–water partition coefficient (Wildman–Crippen LogP) is 11.5. The summed E-state index contributed by atoms with van der Waals surface area (Å²) >= 11 is 12.2. The summed E-state index contributed by atoms with van der Waals surface area (Å²) in [7, 11) is -6.42. The predicted molar refractivity (Wildman–Crippen MR) is 285 cm³/mol. The van der Waals surface area contributed by atoms with Crippen LogP contribution in [0.3, 0.4) is 0 Å². The minimum absolute atomic E-state index is 0. The number of ether oxygens (including phenoxy) is 2. The fourth-order valence-electron chi connectivity index (χ4n) is 7.70. The maximum absolute atomic E-state index is 13.4. The number of hydrogen-bond acceptors (Lipinski definition) is 15. The first kappa shape index (κ1) is 57.6. The molecule has 0 aromatic heterocycles. The zero-order valence-corrected chi connectivity index (χ0v) is 45.5. The van der Waals surface area contributed by atoms with Crippen molar-refractivity contribution in [3.63, 3.8) is 0 Å². The van der Waals surface area contributed by atoms with Crippen molar-refractivity contribution >= 4 is 149 Å². The van der Waals surface area contributed by atoms with E-state index in [0.717, 1.165) is 0 Å². The molecule has 0 saturated carbocycles. The molecule has 0 fully saturated rings. The van der Waals surface area contributed by atoms with Crippen LogP contribution in [0, 0.1) is 0 Å². The van der Waals surface area contributed by atoms with Gasteiger partial charge in [0.15, 0.2) is 5.75 Å². The van der Waals surface area contributed by atoms with E-state index in [1.54, 1.807) is 111 Å². The summed E-state index contributed by atoms with van der Waals surface area (Å²) in [5, 5.41) is 58.6. The average Bonchev–Trinajstić information content (AvgIpc) is 3.37. The number of rotatable bonds is 14. The molecule has 0 saturated heterocycles. The normalized spacial score (nSPS) is 11.9. The van der Waals surface area contributed by atoms with Crippen molar-refractivity contribution in [1.82, 2.24) is 0 Å². The molecule has 8 rings (SSSR count). The summed E-state index contributed by atoms with van der Waals surface area (Å²) in [6.07, 6.45) is 0.411. The zero-order chi connectivity index (χ0) is 53.5. The number of phenolic OH excluding ortho intramolecular Hbond substituents is 1. The van der Waals surface area contributed by atoms with Crippen LogP contribution in [0.1, 0.15) is 40.9 Å². The van der Waals surface area contributed by atoms with Gasteiger partial charge in [0.2, 0.25) is 0 Å². The number of nitrogens with one attached hydrogen (secondary N) is 1. The Kier molecular flexibility index (Phi) is 19.0. The van der Waals surface area contributed by atoms with Gasteiger partial charge in [-0.2, -0.15) is 21.9 Å². The Bertz CT molecular complexity index is 3830. The number of halogens is 2. The van der Waals surface area contributed by atoms with E-state index in [1.807, 2.05) is 0 Å². The quantitative estimate of drug-likeness (QED) is 0.0260. The number of methoxy groups -OCH3 is 2. The molecule has 1 amide bonds. The number of carbonyl (C=O) groups is 1. The van der Waals surface area contributed by atoms with Crippen molar-refractivity contribution in [3.05, 3.63) is 166 Å². The first-order valence-corrected chi connectivity index (χ1v) is 25.7. The third-order valence-electron chi connectivity index (χ3n) is 11.2. The van der Waals surface area contributed by atoms with Crippen LogP contribution in [-0.2, 0) is 33.1 Å². The molecule has 0 aliphatic carbocycles. The molecule has 0 unspecified atom stereocenters. The van der Waals surface area contributed by atoms with Gasteiger partial charge < -0.3 is 30.1 Å². The number of fused-ring (bicyclic) bond motifs is 2. The monoisotopic (exact) mass is 1120 g/mol. The second-order valence-electron chi connectivity index (χ2n) is 15.8. The maximum atomic E-state index is 13.4. The summed E-state index contributed by atoms with van der Waals surface area (Å²) in [5.41, 5.74) is 0.169. The number of phenols is 1. The number of benzene rings is 8. The molecule has 8 aromatic rings. The Morgan fingerprint density at radius 1 is 0.627 bits per heavy atom. The van der Waals surface area contributed by atoms with Crippen molar-refractivity contribution < 1.29 is 55.5 Å². The number of hydrogen-bond donors (Lipinski definition) is 4. The number of carbonyl (C=O) groups excluding carboxylic acids is 1. The molecule has 0 aliphatic rings. The van der Waals surface area contributed by atoms with Crippen molar-refractivity contribution in [3.8, 4) is 23.0 Å². The number of aromatic hydroxyl groups is 1. The summed E-state index contributed by atoms with van der Waals surface area (Å²) in [6, 6.07) is 35.2. The van der Waals surface area contributed by atoms with Crippen LogP contribution in [-0.4, -0.2) is 94.8 Å². The van der Waals surface area contributed by atoms with Crippen LogP contribution in [0.4, 0.5) is 34.1 Å². The molecule has 0 aliphatic heterocycles. The van der Waals surface area contributed by atoms with Crippen LogP contribution in [0.5, 0.6) is 23.0 Å². The Labute approximate surface area is 470 Å². The van der Waals surface area contributed by atoms with Gasteiger partial charge in [0, 0.05) is 38.6 Å². The molecule has 23 heteroatoms. The number of azo groups is 2. The Hall–Kier alpha value is -6.72. The number of anilines is 1. The smallest absolute Gasteiger partial charge is 0.871 e. The Morgan fingerprint density at radius 3 is 1.63 bits per heavy atom. The van der Waals surface area contributed by atoms with Gasteiger partial charge in [-0.1, -0.05) is 103 Å². The summed E-state index contributed by atoms with van der Waals surface area (Å²) in [6.45, 7) is 3.35. The SMILES string of the molecule is CCc1c(Cl)ccc(N=Nc2c(O)c(C(=O)Nc3cccc(OC)c3)cc3ccccc23)c1S(=O)(=O)O.CCc1c(Cl)ccc(N=Nc2c([O-])c(C([O-])=Nc3cccc(OC)c3)cc3ccccc23)c1S(=O)(=O)O.[Ca+2]. The van der Waals surface area contributed by atoms with Gasteiger partial charge in [-0.3, -0.25) is 18.9 Å². The fraction of sp³-hybridized carbons (Fsp3) is 0.115. The van der Waals surface area contributed by atoms with Gasteiger partial charge in [-0.05, 0) is 107 Å². The molecule has 8 aromatic carbocycles. The van der Waals surface area contributed by atoms with E-state index in [4.69, 9.17) is 32.7 Å². The van der Waals surface area contributed by atoms with E-state index in [0.29, 0.717) is 44.4 Å². The van der Waals surface area contributed by atoms with E-state index in [1.165, 1.54) is 50.6 Å². The molecule has 380 valence electrons. The van der Waals surface area contributed by atoms with Crippen LogP contribution < -0.4 is 25.0 Å². The third kappa shape index (κ3) is 13.2. The van der Waals surface area contributed by atoms with E-state index in [2.05, 4.69) is 30.8 Å². The van der Waals surface area contributed by atoms with Crippen LogP contribution in [0.15, 0.2) is 169 Å². The van der Waals surface area contributed by atoms with Crippen LogP contribution >= 0.6 is 23.2 Å². The summed E-state index contributed by atoms with van der Waals surface area (Å²) < 4.78 is 78.4. The van der Waals surface area contributed by atoms with Gasteiger partial charge in [0.25, 0.3) is 26.1 Å². The first-order chi connectivity index (χ1) is 35.3. The van der Waals surface area contributed by atoms with Crippen molar-refractivity contribution in [2.24, 2.45) is 25.4 Å². The second kappa shape index (κ2) is 24.7.